The van der Waals surface area contributed by atoms with E-state index in [1.165, 1.54) is 11.8 Å². The summed E-state index contributed by atoms with van der Waals surface area (Å²) in [5.41, 5.74) is 3.24. The third kappa shape index (κ3) is 3.73. The summed E-state index contributed by atoms with van der Waals surface area (Å²) in [4.78, 5) is 15.8. The van der Waals surface area contributed by atoms with Crippen molar-refractivity contribution in [1.82, 2.24) is 25.1 Å². The van der Waals surface area contributed by atoms with E-state index in [4.69, 9.17) is 0 Å². The molecule has 0 unspecified atom stereocenters. The van der Waals surface area contributed by atoms with Crippen LogP contribution < -0.4 is 5.32 Å². The second-order valence-corrected chi connectivity index (χ2v) is 8.59. The number of nitrogens with zero attached hydrogens (tertiary/aromatic N) is 3. The molecule has 0 bridgehead atoms. The average Bonchev–Trinajstić information content (AvgIpc) is 3.38. The molecule has 1 fully saturated rings. The fraction of sp³-hybridized carbons (Fsp3) is 0.261. The lowest BCUT2D eigenvalue weighted by molar-refractivity contribution is -0.119. The molecule has 2 N–H and O–H groups in total. The van der Waals surface area contributed by atoms with Gasteiger partial charge in [0.05, 0.1) is 11.8 Å². The van der Waals surface area contributed by atoms with Gasteiger partial charge in [-0.25, -0.2) is 0 Å². The van der Waals surface area contributed by atoms with Crippen LogP contribution in [0.5, 0.6) is 0 Å². The minimum atomic E-state index is -0.0256. The van der Waals surface area contributed by atoms with Gasteiger partial charge in [0.25, 0.3) is 0 Å². The van der Waals surface area contributed by atoms with Crippen molar-refractivity contribution in [3.05, 3.63) is 66.4 Å². The maximum Gasteiger partial charge on any atom is 0.230 e. The molecular formula is C23H23N5OS. The van der Waals surface area contributed by atoms with E-state index in [9.17, 15) is 4.79 Å². The number of H-pyrrole nitrogens is 1. The van der Waals surface area contributed by atoms with Crippen LogP contribution in [0.3, 0.4) is 0 Å². The van der Waals surface area contributed by atoms with E-state index in [1.54, 1.807) is 0 Å². The Balaban J connectivity index is 1.33. The van der Waals surface area contributed by atoms with Crippen molar-refractivity contribution in [1.29, 1.82) is 0 Å². The highest BCUT2D eigenvalue weighted by Crippen LogP contribution is 2.42. The number of carbonyl (C=O) groups excluding carboxylic acids is 1. The number of hydrogen-bond donors (Lipinski definition) is 2. The molecule has 6 nitrogen and oxygen atoms in total. The fourth-order valence-electron chi connectivity index (χ4n) is 3.72. The number of rotatable bonds is 7. The van der Waals surface area contributed by atoms with Crippen LogP contribution in [0.2, 0.25) is 0 Å². The number of carbonyl (C=O) groups is 1. The number of nitrogens with one attached hydrogen (secondary N) is 2. The van der Waals surface area contributed by atoms with Crippen molar-refractivity contribution in [3.63, 3.8) is 0 Å². The van der Waals surface area contributed by atoms with Gasteiger partial charge in [0.1, 0.15) is 0 Å². The van der Waals surface area contributed by atoms with Gasteiger partial charge in [-0.1, -0.05) is 60.3 Å². The Morgan fingerprint density at radius 2 is 1.93 bits per heavy atom. The molecule has 2 heterocycles. The van der Waals surface area contributed by atoms with Crippen LogP contribution in [0.15, 0.2) is 66.0 Å². The zero-order valence-electron chi connectivity index (χ0n) is 16.7. The molecular weight excluding hydrogens is 394 g/mol. The van der Waals surface area contributed by atoms with Gasteiger partial charge in [-0.2, -0.15) is 0 Å². The minimum Gasteiger partial charge on any atom is -0.360 e. The molecule has 1 atom stereocenters. The van der Waals surface area contributed by atoms with E-state index in [-0.39, 0.29) is 11.9 Å². The summed E-state index contributed by atoms with van der Waals surface area (Å²) in [6, 6.07) is 18.6. The minimum absolute atomic E-state index is 0.00431. The van der Waals surface area contributed by atoms with Gasteiger partial charge in [-0.15, -0.1) is 10.2 Å². The first-order valence-corrected chi connectivity index (χ1v) is 11.2. The maximum atomic E-state index is 12.5. The number of fused-ring (bicyclic) bond motifs is 1. The molecule has 0 spiro atoms. The van der Waals surface area contributed by atoms with Gasteiger partial charge in [-0.3, -0.25) is 9.36 Å². The normalized spacial score (nSPS) is 14.7. The van der Waals surface area contributed by atoms with Crippen molar-refractivity contribution in [2.75, 3.05) is 5.75 Å². The van der Waals surface area contributed by atoms with Gasteiger partial charge >= 0.3 is 0 Å². The van der Waals surface area contributed by atoms with Crippen LogP contribution in [-0.4, -0.2) is 31.4 Å². The number of hydrogen-bond acceptors (Lipinski definition) is 4. The molecule has 2 aromatic carbocycles. The zero-order chi connectivity index (χ0) is 20.5. The summed E-state index contributed by atoms with van der Waals surface area (Å²) in [6.45, 7) is 2.00. The van der Waals surface area contributed by atoms with Crippen LogP contribution in [0.4, 0.5) is 0 Å². The third-order valence-corrected chi connectivity index (χ3v) is 6.36. The number of benzene rings is 2. The second kappa shape index (κ2) is 7.99. The predicted octanol–water partition coefficient (Wildman–Crippen LogP) is 4.73. The van der Waals surface area contributed by atoms with E-state index < -0.39 is 0 Å². The standard InChI is InChI=1S/C23H23N5OS/c1-15(16-7-3-2-4-8-16)25-21(29)14-30-23-27-26-22(28(23)17-11-12-17)19-13-24-20-10-6-5-9-18(19)20/h2-10,13,15,17,24H,11-12,14H2,1H3,(H,25,29)/t15-/m0/s1. The molecule has 0 aliphatic heterocycles. The highest BCUT2D eigenvalue weighted by molar-refractivity contribution is 7.99. The number of aromatic amines is 1. The first kappa shape index (κ1) is 18.9. The Bertz CT molecular complexity index is 1180. The fourth-order valence-corrected chi connectivity index (χ4v) is 4.53. The molecule has 152 valence electrons. The molecule has 1 saturated carbocycles. The van der Waals surface area contributed by atoms with Gasteiger partial charge < -0.3 is 10.3 Å². The van der Waals surface area contributed by atoms with Crippen molar-refractivity contribution in [2.45, 2.75) is 37.0 Å². The average molecular weight is 418 g/mol. The molecule has 30 heavy (non-hydrogen) atoms. The zero-order valence-corrected chi connectivity index (χ0v) is 17.5. The molecule has 4 aromatic rings. The molecule has 0 saturated heterocycles. The lowest BCUT2D eigenvalue weighted by Crippen LogP contribution is -2.28. The Morgan fingerprint density at radius 1 is 1.17 bits per heavy atom. The number of aromatic nitrogens is 4. The highest BCUT2D eigenvalue weighted by atomic mass is 32.2. The molecule has 7 heteroatoms. The Hall–Kier alpha value is -3.06. The van der Waals surface area contributed by atoms with Crippen molar-refractivity contribution < 1.29 is 4.79 Å². The van der Waals surface area contributed by atoms with Crippen LogP contribution in [-0.2, 0) is 4.79 Å². The first-order valence-electron chi connectivity index (χ1n) is 10.2. The first-order chi connectivity index (χ1) is 14.7. The van der Waals surface area contributed by atoms with Gasteiger partial charge in [0, 0.05) is 28.7 Å². The third-order valence-electron chi connectivity index (χ3n) is 5.42. The molecule has 1 amide bonds. The Kier molecular flexibility index (Phi) is 5.04. The van der Waals surface area contributed by atoms with Crippen LogP contribution in [0, 0.1) is 0 Å². The smallest absolute Gasteiger partial charge is 0.230 e. The quantitative estimate of drug-likeness (QED) is 0.426. The van der Waals surface area contributed by atoms with Crippen LogP contribution >= 0.6 is 11.8 Å². The van der Waals surface area contributed by atoms with Crippen molar-refractivity contribution in [2.24, 2.45) is 0 Å². The van der Waals surface area contributed by atoms with E-state index in [0.29, 0.717) is 11.8 Å². The molecule has 1 aliphatic rings. The van der Waals surface area contributed by atoms with E-state index in [0.717, 1.165) is 45.9 Å². The SMILES string of the molecule is C[C@H](NC(=O)CSc1nnc(-c2c[nH]c3ccccc23)n1C1CC1)c1ccccc1. The van der Waals surface area contributed by atoms with Crippen molar-refractivity contribution in [3.8, 4) is 11.4 Å². The molecule has 1 aliphatic carbocycles. The summed E-state index contributed by atoms with van der Waals surface area (Å²) in [7, 11) is 0. The summed E-state index contributed by atoms with van der Waals surface area (Å²) in [6.07, 6.45) is 4.24. The van der Waals surface area contributed by atoms with E-state index in [2.05, 4.69) is 37.2 Å². The topological polar surface area (TPSA) is 75.6 Å². The maximum absolute atomic E-state index is 12.5. The summed E-state index contributed by atoms with van der Waals surface area (Å²) >= 11 is 1.45. The summed E-state index contributed by atoms with van der Waals surface area (Å²) < 4.78 is 2.20. The predicted molar refractivity (Wildman–Crippen MR) is 119 cm³/mol. The van der Waals surface area contributed by atoms with E-state index in [1.807, 2.05) is 55.6 Å². The molecule has 2 aromatic heterocycles. The van der Waals surface area contributed by atoms with Crippen molar-refractivity contribution >= 4 is 28.6 Å². The van der Waals surface area contributed by atoms with Gasteiger partial charge in [-0.05, 0) is 31.4 Å². The summed E-state index contributed by atoms with van der Waals surface area (Å²) in [5, 5.41) is 13.9. The van der Waals surface area contributed by atoms with Crippen LogP contribution in [0.25, 0.3) is 22.3 Å². The van der Waals surface area contributed by atoms with E-state index >= 15 is 0 Å². The highest BCUT2D eigenvalue weighted by Gasteiger charge is 2.31. The number of thioether (sulfide) groups is 1. The summed E-state index contributed by atoms with van der Waals surface area (Å²) in [5.74, 6) is 1.18. The second-order valence-electron chi connectivity index (χ2n) is 7.64. The largest absolute Gasteiger partial charge is 0.360 e. The Labute approximate surface area is 179 Å². The Morgan fingerprint density at radius 3 is 2.73 bits per heavy atom. The number of amides is 1. The molecule has 0 radical (unpaired) electrons. The number of para-hydroxylation sites is 1. The van der Waals surface area contributed by atoms with Crippen LogP contribution in [0.1, 0.15) is 37.4 Å². The monoisotopic (exact) mass is 417 g/mol. The lowest BCUT2D eigenvalue weighted by atomic mass is 10.1. The molecule has 5 rings (SSSR count). The van der Waals surface area contributed by atoms with Gasteiger partial charge in [0.2, 0.25) is 5.91 Å². The lowest BCUT2D eigenvalue weighted by Gasteiger charge is -2.14. The van der Waals surface area contributed by atoms with Gasteiger partial charge in [0.15, 0.2) is 11.0 Å².